The maximum Gasteiger partial charge on any atom is 0.119 e. The third-order valence-corrected chi connectivity index (χ3v) is 3.79. The van der Waals surface area contributed by atoms with Crippen LogP contribution in [0, 0.1) is 6.92 Å². The van der Waals surface area contributed by atoms with Crippen LogP contribution in [0.1, 0.15) is 23.1 Å². The molecule has 0 fully saturated rings. The van der Waals surface area contributed by atoms with Gasteiger partial charge in [0.1, 0.15) is 12.4 Å². The summed E-state index contributed by atoms with van der Waals surface area (Å²) in [4.78, 5) is 0. The van der Waals surface area contributed by atoms with Gasteiger partial charge in [0.25, 0.3) is 0 Å². The van der Waals surface area contributed by atoms with E-state index in [1.54, 1.807) is 0 Å². The van der Waals surface area contributed by atoms with Crippen molar-refractivity contribution in [2.75, 3.05) is 18.5 Å². The molecular weight excluding hydrogens is 246 g/mol. The zero-order chi connectivity index (χ0) is 13.8. The summed E-state index contributed by atoms with van der Waals surface area (Å²) in [6.07, 6.45) is 3.71. The maximum absolute atomic E-state index is 5.82. The van der Waals surface area contributed by atoms with Crippen LogP contribution < -0.4 is 10.1 Å². The highest BCUT2D eigenvalue weighted by atomic mass is 16.5. The molecule has 2 nitrogen and oxygen atoms in total. The van der Waals surface area contributed by atoms with Gasteiger partial charge in [0.15, 0.2) is 0 Å². The molecule has 0 unspecified atom stereocenters. The molecule has 1 N–H and O–H groups in total. The predicted molar refractivity (Wildman–Crippen MR) is 83.6 cm³/mol. The Labute approximate surface area is 120 Å². The van der Waals surface area contributed by atoms with E-state index in [1.807, 2.05) is 0 Å². The highest BCUT2D eigenvalue weighted by molar-refractivity contribution is 5.45. The van der Waals surface area contributed by atoms with Crippen LogP contribution in [-0.4, -0.2) is 13.2 Å². The van der Waals surface area contributed by atoms with Crippen LogP contribution in [-0.2, 0) is 12.8 Å². The van der Waals surface area contributed by atoms with Gasteiger partial charge in [0.05, 0.1) is 0 Å². The van der Waals surface area contributed by atoms with E-state index in [-0.39, 0.29) is 0 Å². The van der Waals surface area contributed by atoms with Crippen molar-refractivity contribution in [3.05, 3.63) is 59.2 Å². The number of aryl methyl sites for hydroxylation is 3. The number of nitrogens with one attached hydrogen (secondary N) is 1. The highest BCUT2D eigenvalue weighted by Gasteiger charge is 2.10. The number of anilines is 1. The standard InChI is InChI=1S/C18H21NO/c1-14-4-2-7-17(12-14)19-10-11-20-18-9-8-15-5-3-6-16(15)13-18/h2,4,7-9,12-13,19H,3,5-6,10-11H2,1H3. The van der Waals surface area contributed by atoms with Gasteiger partial charge in [-0.1, -0.05) is 18.2 Å². The summed E-state index contributed by atoms with van der Waals surface area (Å²) in [5.41, 5.74) is 5.39. The predicted octanol–water partition coefficient (Wildman–Crippen LogP) is 3.97. The first-order chi connectivity index (χ1) is 9.81. The first kappa shape index (κ1) is 13.0. The molecule has 2 aromatic carbocycles. The summed E-state index contributed by atoms with van der Waals surface area (Å²) in [5, 5.41) is 3.38. The van der Waals surface area contributed by atoms with E-state index in [2.05, 4.69) is 54.7 Å². The number of ether oxygens (including phenoxy) is 1. The Hall–Kier alpha value is -1.96. The second-order valence-corrected chi connectivity index (χ2v) is 5.43. The molecular formula is C18H21NO. The Kier molecular flexibility index (Phi) is 3.91. The van der Waals surface area contributed by atoms with E-state index in [0.29, 0.717) is 6.61 Å². The summed E-state index contributed by atoms with van der Waals surface area (Å²) < 4.78 is 5.82. The summed E-state index contributed by atoms with van der Waals surface area (Å²) in [7, 11) is 0. The van der Waals surface area contributed by atoms with Gasteiger partial charge < -0.3 is 10.1 Å². The van der Waals surface area contributed by atoms with E-state index in [0.717, 1.165) is 18.0 Å². The molecule has 0 saturated carbocycles. The van der Waals surface area contributed by atoms with E-state index >= 15 is 0 Å². The minimum atomic E-state index is 0.687. The van der Waals surface area contributed by atoms with Crippen molar-refractivity contribution in [1.29, 1.82) is 0 Å². The lowest BCUT2D eigenvalue weighted by atomic mass is 10.1. The molecule has 0 amide bonds. The third kappa shape index (κ3) is 3.13. The molecule has 1 aliphatic rings. The van der Waals surface area contributed by atoms with E-state index in [1.165, 1.54) is 36.0 Å². The number of benzene rings is 2. The molecule has 0 radical (unpaired) electrons. The summed E-state index contributed by atoms with van der Waals surface area (Å²) in [5.74, 6) is 0.997. The van der Waals surface area contributed by atoms with Gasteiger partial charge >= 0.3 is 0 Å². The molecule has 0 aromatic heterocycles. The molecule has 0 atom stereocenters. The molecule has 1 aliphatic carbocycles. The van der Waals surface area contributed by atoms with Crippen LogP contribution in [0.25, 0.3) is 0 Å². The fourth-order valence-corrected chi connectivity index (χ4v) is 2.76. The Morgan fingerprint density at radius 2 is 1.95 bits per heavy atom. The van der Waals surface area contributed by atoms with E-state index in [4.69, 9.17) is 4.74 Å². The van der Waals surface area contributed by atoms with E-state index < -0.39 is 0 Å². The van der Waals surface area contributed by atoms with Gasteiger partial charge in [-0.2, -0.15) is 0 Å². The normalized spacial score (nSPS) is 13.1. The number of fused-ring (bicyclic) bond motifs is 1. The molecule has 0 spiro atoms. The van der Waals surface area contributed by atoms with Gasteiger partial charge in [-0.05, 0) is 67.1 Å². The van der Waals surface area contributed by atoms with Gasteiger partial charge in [-0.3, -0.25) is 0 Å². The molecule has 0 aliphatic heterocycles. The fraction of sp³-hybridized carbons (Fsp3) is 0.333. The average molecular weight is 267 g/mol. The largest absolute Gasteiger partial charge is 0.492 e. The topological polar surface area (TPSA) is 21.3 Å². The molecule has 20 heavy (non-hydrogen) atoms. The average Bonchev–Trinajstić information content (AvgIpc) is 2.91. The van der Waals surface area contributed by atoms with Crippen molar-refractivity contribution in [3.63, 3.8) is 0 Å². The lowest BCUT2D eigenvalue weighted by Gasteiger charge is -2.10. The van der Waals surface area contributed by atoms with Crippen molar-refractivity contribution in [1.82, 2.24) is 0 Å². The lowest BCUT2D eigenvalue weighted by molar-refractivity contribution is 0.332. The minimum absolute atomic E-state index is 0.687. The van der Waals surface area contributed by atoms with Gasteiger partial charge in [0.2, 0.25) is 0 Å². The summed E-state index contributed by atoms with van der Waals surface area (Å²) in [6.45, 7) is 3.61. The molecule has 104 valence electrons. The van der Waals surface area contributed by atoms with E-state index in [9.17, 15) is 0 Å². The van der Waals surface area contributed by atoms with Crippen LogP contribution in [0.2, 0.25) is 0 Å². The second kappa shape index (κ2) is 6.00. The van der Waals surface area contributed by atoms with Gasteiger partial charge in [0, 0.05) is 12.2 Å². The Balaban J connectivity index is 1.48. The van der Waals surface area contributed by atoms with Crippen molar-refractivity contribution in [2.45, 2.75) is 26.2 Å². The number of hydrogen-bond acceptors (Lipinski definition) is 2. The smallest absolute Gasteiger partial charge is 0.119 e. The van der Waals surface area contributed by atoms with Gasteiger partial charge in [-0.25, -0.2) is 0 Å². The number of hydrogen-bond donors (Lipinski definition) is 1. The van der Waals surface area contributed by atoms with Crippen LogP contribution in [0.3, 0.4) is 0 Å². The molecule has 2 aromatic rings. The minimum Gasteiger partial charge on any atom is -0.492 e. The first-order valence-electron chi connectivity index (χ1n) is 7.36. The monoisotopic (exact) mass is 267 g/mol. The van der Waals surface area contributed by atoms with Crippen LogP contribution in [0.5, 0.6) is 5.75 Å². The first-order valence-corrected chi connectivity index (χ1v) is 7.36. The number of rotatable bonds is 5. The van der Waals surface area contributed by atoms with Crippen LogP contribution in [0.15, 0.2) is 42.5 Å². The van der Waals surface area contributed by atoms with Crippen LogP contribution in [0.4, 0.5) is 5.69 Å². The van der Waals surface area contributed by atoms with Crippen molar-refractivity contribution < 1.29 is 4.74 Å². The lowest BCUT2D eigenvalue weighted by Crippen LogP contribution is -2.11. The molecule has 0 bridgehead atoms. The van der Waals surface area contributed by atoms with Crippen LogP contribution >= 0.6 is 0 Å². The SMILES string of the molecule is Cc1cccc(NCCOc2ccc3c(c2)CCC3)c1. The molecule has 2 heteroatoms. The Morgan fingerprint density at radius 3 is 2.85 bits per heavy atom. The molecule has 0 saturated heterocycles. The summed E-state index contributed by atoms with van der Waals surface area (Å²) in [6, 6.07) is 14.9. The Morgan fingerprint density at radius 1 is 1.05 bits per heavy atom. The fourth-order valence-electron chi connectivity index (χ4n) is 2.76. The zero-order valence-electron chi connectivity index (χ0n) is 12.0. The molecule has 0 heterocycles. The summed E-state index contributed by atoms with van der Waals surface area (Å²) >= 11 is 0. The Bertz CT molecular complexity index is 592. The van der Waals surface area contributed by atoms with Crippen molar-refractivity contribution in [3.8, 4) is 5.75 Å². The third-order valence-electron chi connectivity index (χ3n) is 3.79. The highest BCUT2D eigenvalue weighted by Crippen LogP contribution is 2.25. The van der Waals surface area contributed by atoms with Crippen molar-refractivity contribution >= 4 is 5.69 Å². The second-order valence-electron chi connectivity index (χ2n) is 5.43. The van der Waals surface area contributed by atoms with Crippen molar-refractivity contribution in [2.24, 2.45) is 0 Å². The quantitative estimate of drug-likeness (QED) is 0.827. The molecule has 3 rings (SSSR count). The zero-order valence-corrected chi connectivity index (χ0v) is 12.0. The maximum atomic E-state index is 5.82. The van der Waals surface area contributed by atoms with Gasteiger partial charge in [-0.15, -0.1) is 0 Å².